The summed E-state index contributed by atoms with van der Waals surface area (Å²) in [6.07, 6.45) is 6.70. The fraction of sp³-hybridized carbons (Fsp3) is 0.947. The average Bonchev–Trinajstić information content (AvgIpc) is 2.78. The topological polar surface area (TPSA) is 57.5 Å². The average molecular weight is 308 g/mol. The molecular formula is C19H32O3. The summed E-state index contributed by atoms with van der Waals surface area (Å²) in [5.41, 5.74) is -0.164. The van der Waals surface area contributed by atoms with Crippen LogP contribution < -0.4 is 0 Å². The largest absolute Gasteiger partial charge is 0.393 e. The molecule has 0 aromatic heterocycles. The van der Waals surface area contributed by atoms with Crippen molar-refractivity contribution in [1.29, 1.82) is 0 Å². The fourth-order valence-corrected chi connectivity index (χ4v) is 6.11. The molecule has 0 saturated heterocycles. The highest BCUT2D eigenvalue weighted by Gasteiger charge is 2.58. The lowest BCUT2D eigenvalue weighted by Crippen LogP contribution is -2.53. The predicted octanol–water partition coefficient (Wildman–Crippen LogP) is 3.32. The minimum Gasteiger partial charge on any atom is -0.393 e. The SMILES string of the molecule is CC[C@H]1C[C@@H](O)CC[C@]1(C)C1CC[C@]2(C)C(=O)CCC2[C@@H]1O. The molecule has 3 saturated carbocycles. The van der Waals surface area contributed by atoms with E-state index in [-0.39, 0.29) is 34.9 Å². The molecule has 0 aromatic rings. The van der Waals surface area contributed by atoms with Crippen molar-refractivity contribution in [3.8, 4) is 0 Å². The van der Waals surface area contributed by atoms with Crippen LogP contribution in [0, 0.1) is 28.6 Å². The van der Waals surface area contributed by atoms with Gasteiger partial charge in [0.05, 0.1) is 12.2 Å². The Kier molecular flexibility index (Phi) is 4.18. The van der Waals surface area contributed by atoms with E-state index >= 15 is 0 Å². The van der Waals surface area contributed by atoms with Crippen molar-refractivity contribution >= 4 is 5.78 Å². The zero-order valence-electron chi connectivity index (χ0n) is 14.3. The van der Waals surface area contributed by atoms with Gasteiger partial charge in [-0.15, -0.1) is 0 Å². The number of fused-ring (bicyclic) bond motifs is 1. The van der Waals surface area contributed by atoms with Gasteiger partial charge in [-0.2, -0.15) is 0 Å². The summed E-state index contributed by atoms with van der Waals surface area (Å²) >= 11 is 0. The van der Waals surface area contributed by atoms with Crippen LogP contribution in [0.15, 0.2) is 0 Å². The summed E-state index contributed by atoms with van der Waals surface area (Å²) < 4.78 is 0. The number of aliphatic hydroxyl groups is 2. The maximum absolute atomic E-state index is 12.3. The molecule has 0 aliphatic heterocycles. The van der Waals surface area contributed by atoms with Gasteiger partial charge in [-0.3, -0.25) is 4.79 Å². The van der Waals surface area contributed by atoms with E-state index < -0.39 is 0 Å². The number of carbonyl (C=O) groups is 1. The first-order valence-electron chi connectivity index (χ1n) is 9.22. The summed E-state index contributed by atoms with van der Waals surface area (Å²) in [7, 11) is 0. The van der Waals surface area contributed by atoms with Gasteiger partial charge in [0.15, 0.2) is 0 Å². The second kappa shape index (κ2) is 5.59. The number of Topliss-reactive ketones (excluding diaryl/α,β-unsaturated/α-hetero) is 1. The molecule has 0 radical (unpaired) electrons. The predicted molar refractivity (Wildman–Crippen MR) is 86.3 cm³/mol. The lowest BCUT2D eigenvalue weighted by Gasteiger charge is -2.54. The van der Waals surface area contributed by atoms with Crippen LogP contribution in [0.25, 0.3) is 0 Å². The van der Waals surface area contributed by atoms with E-state index in [1.54, 1.807) is 0 Å². The molecule has 0 spiro atoms. The van der Waals surface area contributed by atoms with Crippen LogP contribution in [0.1, 0.15) is 72.1 Å². The van der Waals surface area contributed by atoms with Crippen LogP contribution in [0.5, 0.6) is 0 Å². The Morgan fingerprint density at radius 1 is 1.09 bits per heavy atom. The molecule has 0 bridgehead atoms. The number of hydrogen-bond acceptors (Lipinski definition) is 3. The Morgan fingerprint density at radius 3 is 2.50 bits per heavy atom. The summed E-state index contributed by atoms with van der Waals surface area (Å²) in [6.45, 7) is 6.62. The third-order valence-electron chi connectivity index (χ3n) is 7.78. The van der Waals surface area contributed by atoms with Crippen LogP contribution in [0.4, 0.5) is 0 Å². The van der Waals surface area contributed by atoms with Gasteiger partial charge < -0.3 is 10.2 Å². The first-order chi connectivity index (χ1) is 10.3. The summed E-state index contributed by atoms with van der Waals surface area (Å²) in [4.78, 5) is 12.3. The monoisotopic (exact) mass is 308 g/mol. The van der Waals surface area contributed by atoms with Gasteiger partial charge in [0.2, 0.25) is 0 Å². The van der Waals surface area contributed by atoms with Crippen LogP contribution in [0.2, 0.25) is 0 Å². The van der Waals surface area contributed by atoms with Gasteiger partial charge in [0.25, 0.3) is 0 Å². The molecular weight excluding hydrogens is 276 g/mol. The number of rotatable bonds is 2. The first-order valence-corrected chi connectivity index (χ1v) is 9.22. The molecule has 3 aliphatic carbocycles. The minimum atomic E-state index is -0.348. The first kappa shape index (κ1) is 16.4. The van der Waals surface area contributed by atoms with Gasteiger partial charge in [-0.1, -0.05) is 27.2 Å². The van der Waals surface area contributed by atoms with Crippen LogP contribution in [0.3, 0.4) is 0 Å². The summed E-state index contributed by atoms with van der Waals surface area (Å²) in [5.74, 6) is 1.29. The second-order valence-electron chi connectivity index (χ2n) is 8.66. The Labute approximate surface area is 134 Å². The summed E-state index contributed by atoms with van der Waals surface area (Å²) in [5, 5.41) is 21.1. The van der Waals surface area contributed by atoms with E-state index in [9.17, 15) is 15.0 Å². The normalized spacial score (nSPS) is 52.6. The van der Waals surface area contributed by atoms with Gasteiger partial charge >= 0.3 is 0 Å². The van der Waals surface area contributed by atoms with Crippen LogP contribution in [-0.4, -0.2) is 28.2 Å². The Bertz CT molecular complexity index is 448. The molecule has 2 unspecified atom stereocenters. The minimum absolute atomic E-state index is 0.111. The lowest BCUT2D eigenvalue weighted by molar-refractivity contribution is -0.144. The molecule has 0 heterocycles. The Morgan fingerprint density at radius 2 is 1.82 bits per heavy atom. The van der Waals surface area contributed by atoms with Crippen LogP contribution in [-0.2, 0) is 4.79 Å². The maximum atomic E-state index is 12.3. The van der Waals surface area contributed by atoms with Gasteiger partial charge in [-0.25, -0.2) is 0 Å². The number of aliphatic hydroxyl groups excluding tert-OH is 2. The van der Waals surface area contributed by atoms with Crippen molar-refractivity contribution in [2.45, 2.75) is 84.3 Å². The zero-order valence-corrected chi connectivity index (χ0v) is 14.3. The van der Waals surface area contributed by atoms with Gasteiger partial charge in [0, 0.05) is 11.8 Å². The Hall–Kier alpha value is -0.410. The highest BCUT2D eigenvalue weighted by Crippen LogP contribution is 2.59. The highest BCUT2D eigenvalue weighted by atomic mass is 16.3. The maximum Gasteiger partial charge on any atom is 0.139 e. The van der Waals surface area contributed by atoms with E-state index in [0.29, 0.717) is 18.1 Å². The lowest BCUT2D eigenvalue weighted by atomic mass is 9.51. The standard InChI is InChI=1S/C19H32O3/c1-4-12-11-13(20)7-9-18(12,2)15-8-10-19(3)14(17(15)22)5-6-16(19)21/h12-15,17,20,22H,4-11H2,1-3H3/t12-,13-,14?,15?,17-,18-,19-/m0/s1. The van der Waals surface area contributed by atoms with Crippen LogP contribution >= 0.6 is 0 Å². The molecule has 3 aliphatic rings. The van der Waals surface area contributed by atoms with E-state index in [4.69, 9.17) is 0 Å². The highest BCUT2D eigenvalue weighted by molar-refractivity contribution is 5.87. The molecule has 3 nitrogen and oxygen atoms in total. The molecule has 126 valence electrons. The van der Waals surface area contributed by atoms with E-state index in [1.165, 1.54) is 0 Å². The Balaban J connectivity index is 1.85. The third kappa shape index (κ3) is 2.27. The molecule has 3 fully saturated rings. The van der Waals surface area contributed by atoms with Gasteiger partial charge in [0.1, 0.15) is 5.78 Å². The van der Waals surface area contributed by atoms with Crippen molar-refractivity contribution in [3.05, 3.63) is 0 Å². The third-order valence-corrected chi connectivity index (χ3v) is 7.78. The number of ketones is 1. The smallest absolute Gasteiger partial charge is 0.139 e. The quantitative estimate of drug-likeness (QED) is 0.823. The van der Waals surface area contributed by atoms with Gasteiger partial charge in [-0.05, 0) is 61.7 Å². The van der Waals surface area contributed by atoms with Crippen molar-refractivity contribution in [3.63, 3.8) is 0 Å². The molecule has 2 N–H and O–H groups in total. The molecule has 0 aromatic carbocycles. The van der Waals surface area contributed by atoms with Crippen molar-refractivity contribution in [1.82, 2.24) is 0 Å². The zero-order chi connectivity index (χ0) is 16.1. The fourth-order valence-electron chi connectivity index (χ4n) is 6.11. The molecule has 3 heteroatoms. The molecule has 22 heavy (non-hydrogen) atoms. The molecule has 3 rings (SSSR count). The second-order valence-corrected chi connectivity index (χ2v) is 8.66. The molecule has 7 atom stereocenters. The number of hydrogen-bond donors (Lipinski definition) is 2. The number of carbonyl (C=O) groups excluding carboxylic acids is 1. The van der Waals surface area contributed by atoms with E-state index in [0.717, 1.165) is 44.9 Å². The van der Waals surface area contributed by atoms with Crippen molar-refractivity contribution in [2.75, 3.05) is 0 Å². The van der Waals surface area contributed by atoms with Crippen molar-refractivity contribution < 1.29 is 15.0 Å². The van der Waals surface area contributed by atoms with Crippen molar-refractivity contribution in [2.24, 2.45) is 28.6 Å². The van der Waals surface area contributed by atoms with E-state index in [1.807, 2.05) is 0 Å². The van der Waals surface area contributed by atoms with E-state index in [2.05, 4.69) is 20.8 Å². The summed E-state index contributed by atoms with van der Waals surface area (Å²) in [6, 6.07) is 0. The molecule has 0 amide bonds.